The molecule has 0 amide bonds. The van der Waals surface area contributed by atoms with Crippen LogP contribution in [-0.2, 0) is 26.1 Å². The van der Waals surface area contributed by atoms with Crippen molar-refractivity contribution >= 4 is 21.6 Å². The van der Waals surface area contributed by atoms with Gasteiger partial charge in [-0.1, -0.05) is 28.1 Å². The first kappa shape index (κ1) is 13.2. The Balaban J connectivity index is 1.60. The number of benzene rings is 2. The largest absolute Gasteiger partial charge is 0.493 e. The van der Waals surface area contributed by atoms with Gasteiger partial charge < -0.3 is 10.5 Å². The van der Waals surface area contributed by atoms with Crippen molar-refractivity contribution in [2.75, 3.05) is 12.3 Å². The molecule has 0 atom stereocenters. The number of nitrogen functional groups attached to an aromatic ring is 1. The molecule has 108 valence electrons. The molecule has 2 aromatic rings. The lowest BCUT2D eigenvalue weighted by molar-refractivity contribution is 0.268. The molecule has 0 unspecified atom stereocenters. The highest BCUT2D eigenvalue weighted by Gasteiger charge is 2.24. The molecule has 0 bridgehead atoms. The van der Waals surface area contributed by atoms with Crippen LogP contribution in [0.2, 0.25) is 0 Å². The molecule has 2 aliphatic heterocycles. The number of hydrogen-bond acceptors (Lipinski definition) is 3. The summed E-state index contributed by atoms with van der Waals surface area (Å²) in [6.07, 6.45) is 1.01. The third-order valence-corrected chi connectivity index (χ3v) is 4.76. The molecule has 0 aromatic heterocycles. The summed E-state index contributed by atoms with van der Waals surface area (Å²) in [4.78, 5) is 2.42. The van der Waals surface area contributed by atoms with Gasteiger partial charge in [0, 0.05) is 41.8 Å². The van der Waals surface area contributed by atoms with Crippen LogP contribution in [0.5, 0.6) is 5.75 Å². The van der Waals surface area contributed by atoms with Gasteiger partial charge in [0.1, 0.15) is 5.75 Å². The Morgan fingerprint density at radius 2 is 2.10 bits per heavy atom. The lowest BCUT2D eigenvalue weighted by atomic mass is 10.1. The van der Waals surface area contributed by atoms with Gasteiger partial charge >= 0.3 is 0 Å². The predicted octanol–water partition coefficient (Wildman–Crippen LogP) is 3.48. The molecule has 0 saturated heterocycles. The Hall–Kier alpha value is -1.52. The van der Waals surface area contributed by atoms with Gasteiger partial charge in [-0.2, -0.15) is 0 Å². The quantitative estimate of drug-likeness (QED) is 0.847. The summed E-state index contributed by atoms with van der Waals surface area (Å²) in [5.41, 5.74) is 12.2. The Bertz CT molecular complexity index is 714. The molecular formula is C17H17BrN2O. The van der Waals surface area contributed by atoms with E-state index in [0.717, 1.165) is 48.6 Å². The maximum absolute atomic E-state index is 6.08. The zero-order valence-electron chi connectivity index (χ0n) is 11.7. The van der Waals surface area contributed by atoms with Crippen molar-refractivity contribution in [2.45, 2.75) is 26.1 Å². The van der Waals surface area contributed by atoms with Crippen LogP contribution in [0.3, 0.4) is 0 Å². The van der Waals surface area contributed by atoms with E-state index in [0.29, 0.717) is 0 Å². The lowest BCUT2D eigenvalue weighted by Crippen LogP contribution is -2.16. The van der Waals surface area contributed by atoms with Gasteiger partial charge in [0.2, 0.25) is 0 Å². The second kappa shape index (κ2) is 5.04. The van der Waals surface area contributed by atoms with E-state index in [1.165, 1.54) is 22.3 Å². The van der Waals surface area contributed by atoms with Gasteiger partial charge in [-0.3, -0.25) is 4.90 Å². The second-order valence-electron chi connectivity index (χ2n) is 5.78. The average Bonchev–Trinajstić information content (AvgIpc) is 3.05. The molecule has 3 nitrogen and oxygen atoms in total. The fourth-order valence-corrected chi connectivity index (χ4v) is 3.88. The number of rotatable bonds is 2. The molecule has 0 aliphatic carbocycles. The number of hydrogen-bond donors (Lipinski definition) is 1. The summed E-state index contributed by atoms with van der Waals surface area (Å²) in [5.74, 6) is 1.09. The minimum absolute atomic E-state index is 0.798. The number of ether oxygens (including phenoxy) is 1. The van der Waals surface area contributed by atoms with Crippen LogP contribution >= 0.6 is 15.9 Å². The van der Waals surface area contributed by atoms with E-state index in [4.69, 9.17) is 10.5 Å². The summed E-state index contributed by atoms with van der Waals surface area (Å²) in [5, 5.41) is 0. The minimum Gasteiger partial charge on any atom is -0.493 e. The smallest absolute Gasteiger partial charge is 0.127 e. The Morgan fingerprint density at radius 1 is 1.19 bits per heavy atom. The van der Waals surface area contributed by atoms with Crippen molar-refractivity contribution in [1.82, 2.24) is 4.90 Å². The summed E-state index contributed by atoms with van der Waals surface area (Å²) < 4.78 is 6.96. The third-order valence-electron chi connectivity index (χ3n) is 4.30. The molecule has 2 N–H and O–H groups in total. The molecule has 0 saturated carbocycles. The van der Waals surface area contributed by atoms with Crippen molar-refractivity contribution < 1.29 is 4.74 Å². The van der Waals surface area contributed by atoms with E-state index in [1.807, 2.05) is 12.1 Å². The highest BCUT2D eigenvalue weighted by molar-refractivity contribution is 9.10. The fourth-order valence-electron chi connectivity index (χ4n) is 3.33. The molecule has 0 fully saturated rings. The van der Waals surface area contributed by atoms with Crippen LogP contribution < -0.4 is 10.5 Å². The summed E-state index contributed by atoms with van der Waals surface area (Å²) in [6.45, 7) is 3.58. The monoisotopic (exact) mass is 344 g/mol. The van der Waals surface area contributed by atoms with Crippen molar-refractivity contribution in [1.29, 1.82) is 0 Å². The van der Waals surface area contributed by atoms with Gasteiger partial charge in [0.15, 0.2) is 0 Å². The first-order valence-electron chi connectivity index (χ1n) is 7.23. The topological polar surface area (TPSA) is 38.5 Å². The van der Waals surface area contributed by atoms with Gasteiger partial charge in [-0.25, -0.2) is 0 Å². The highest BCUT2D eigenvalue weighted by Crippen LogP contribution is 2.36. The molecule has 2 heterocycles. The van der Waals surface area contributed by atoms with Gasteiger partial charge in [-0.05, 0) is 34.9 Å². The average molecular weight is 345 g/mol. The summed E-state index contributed by atoms with van der Waals surface area (Å²) in [7, 11) is 0. The number of nitrogens with zero attached hydrogens (tertiary/aromatic N) is 1. The van der Waals surface area contributed by atoms with Crippen LogP contribution in [0.15, 0.2) is 34.8 Å². The molecule has 0 spiro atoms. The standard InChI is InChI=1S/C17H17BrN2O/c18-14-6-11-4-5-21-17(11)13(7-14)9-20-8-12-2-1-3-16(19)15(12)10-20/h1-3,6-7H,4-5,8-10,19H2. The van der Waals surface area contributed by atoms with Crippen LogP contribution in [0.4, 0.5) is 5.69 Å². The summed E-state index contributed by atoms with van der Waals surface area (Å²) in [6, 6.07) is 10.5. The van der Waals surface area contributed by atoms with Crippen LogP contribution in [0, 0.1) is 0 Å². The molecule has 2 aromatic carbocycles. The Kier molecular flexibility index (Phi) is 3.16. The van der Waals surface area contributed by atoms with E-state index in [-0.39, 0.29) is 0 Å². The molecule has 0 radical (unpaired) electrons. The van der Waals surface area contributed by atoms with Gasteiger partial charge in [0.05, 0.1) is 6.61 Å². The molecule has 2 aliphatic rings. The first-order valence-corrected chi connectivity index (χ1v) is 8.03. The number of anilines is 1. The summed E-state index contributed by atoms with van der Waals surface area (Å²) >= 11 is 3.61. The number of halogens is 1. The number of nitrogens with two attached hydrogens (primary N) is 1. The van der Waals surface area contributed by atoms with E-state index in [2.05, 4.69) is 39.0 Å². The van der Waals surface area contributed by atoms with E-state index in [1.54, 1.807) is 0 Å². The Labute approximate surface area is 132 Å². The van der Waals surface area contributed by atoms with Crippen molar-refractivity contribution in [3.05, 3.63) is 57.1 Å². The third kappa shape index (κ3) is 2.32. The van der Waals surface area contributed by atoms with Crippen LogP contribution in [-0.4, -0.2) is 11.5 Å². The zero-order valence-corrected chi connectivity index (χ0v) is 13.3. The second-order valence-corrected chi connectivity index (χ2v) is 6.70. The first-order chi connectivity index (χ1) is 10.2. The van der Waals surface area contributed by atoms with Crippen LogP contribution in [0.1, 0.15) is 22.3 Å². The van der Waals surface area contributed by atoms with Crippen LogP contribution in [0.25, 0.3) is 0 Å². The van der Waals surface area contributed by atoms with Gasteiger partial charge in [-0.15, -0.1) is 0 Å². The van der Waals surface area contributed by atoms with Crippen molar-refractivity contribution in [2.24, 2.45) is 0 Å². The molecule has 4 rings (SSSR count). The maximum Gasteiger partial charge on any atom is 0.127 e. The predicted molar refractivity (Wildman–Crippen MR) is 87.1 cm³/mol. The molecule has 21 heavy (non-hydrogen) atoms. The molecular weight excluding hydrogens is 328 g/mol. The molecule has 4 heteroatoms. The normalized spacial score (nSPS) is 16.6. The van der Waals surface area contributed by atoms with Crippen molar-refractivity contribution in [3.8, 4) is 5.75 Å². The SMILES string of the molecule is Nc1cccc2c1CN(Cc1cc(Br)cc3c1OCC3)C2. The van der Waals surface area contributed by atoms with E-state index < -0.39 is 0 Å². The van der Waals surface area contributed by atoms with Crippen molar-refractivity contribution in [3.63, 3.8) is 0 Å². The maximum atomic E-state index is 6.08. The fraction of sp³-hybridized carbons (Fsp3) is 0.294. The van der Waals surface area contributed by atoms with E-state index in [9.17, 15) is 0 Å². The highest BCUT2D eigenvalue weighted by atomic mass is 79.9. The zero-order chi connectivity index (χ0) is 14.4. The van der Waals surface area contributed by atoms with Gasteiger partial charge in [0.25, 0.3) is 0 Å². The Morgan fingerprint density at radius 3 is 2.95 bits per heavy atom. The lowest BCUT2D eigenvalue weighted by Gasteiger charge is -2.17. The number of fused-ring (bicyclic) bond motifs is 2. The van der Waals surface area contributed by atoms with E-state index >= 15 is 0 Å². The minimum atomic E-state index is 0.798.